The molecule has 0 unspecified atom stereocenters. The third kappa shape index (κ3) is 2.46. The molecule has 1 aromatic heterocycles. The summed E-state index contributed by atoms with van der Waals surface area (Å²) in [6, 6.07) is 10.1. The second-order valence-electron chi connectivity index (χ2n) is 3.11. The molecule has 5 nitrogen and oxygen atoms in total. The minimum Gasteiger partial charge on any atom is -0.358 e. The fourth-order valence-corrected chi connectivity index (χ4v) is 1.24. The predicted octanol–water partition coefficient (Wildman–Crippen LogP) is 1.46. The Labute approximate surface area is 87.9 Å². The van der Waals surface area contributed by atoms with Gasteiger partial charge in [-0.05, 0) is 5.56 Å². The Morgan fingerprint density at radius 3 is 2.53 bits per heavy atom. The van der Waals surface area contributed by atoms with Crippen molar-refractivity contribution in [2.45, 2.75) is 6.54 Å². The summed E-state index contributed by atoms with van der Waals surface area (Å²) < 4.78 is 0. The molecule has 0 aliphatic carbocycles. The summed E-state index contributed by atoms with van der Waals surface area (Å²) in [6.07, 6.45) is 0. The van der Waals surface area contributed by atoms with Gasteiger partial charge in [-0.15, -0.1) is 10.2 Å². The van der Waals surface area contributed by atoms with E-state index < -0.39 is 0 Å². The first kappa shape index (κ1) is 9.51. The fourth-order valence-electron chi connectivity index (χ4n) is 1.24. The number of anilines is 2. The Hall–Kier alpha value is -2.04. The first-order valence-corrected chi connectivity index (χ1v) is 4.77. The molecule has 0 bridgehead atoms. The average molecular weight is 203 g/mol. The third-order valence-corrected chi connectivity index (χ3v) is 2.03. The van der Waals surface area contributed by atoms with Gasteiger partial charge in [0.1, 0.15) is 0 Å². The molecule has 0 radical (unpaired) electrons. The highest BCUT2D eigenvalue weighted by Crippen LogP contribution is 2.05. The molecule has 0 saturated carbocycles. The van der Waals surface area contributed by atoms with E-state index >= 15 is 0 Å². The lowest BCUT2D eigenvalue weighted by atomic mass is 10.2. The zero-order valence-corrected chi connectivity index (χ0v) is 8.49. The smallest absolute Gasteiger partial charge is 0.223 e. The number of aromatic nitrogens is 3. The van der Waals surface area contributed by atoms with E-state index in [2.05, 4.69) is 37.9 Å². The minimum absolute atomic E-state index is 0.658. The summed E-state index contributed by atoms with van der Waals surface area (Å²) >= 11 is 0. The Morgan fingerprint density at radius 1 is 1.13 bits per heavy atom. The van der Waals surface area contributed by atoms with E-state index in [9.17, 15) is 0 Å². The lowest BCUT2D eigenvalue weighted by Gasteiger charge is -2.01. The summed E-state index contributed by atoms with van der Waals surface area (Å²) in [6.45, 7) is 0.735. The Bertz CT molecular complexity index is 409. The molecule has 0 aliphatic heterocycles. The summed E-state index contributed by atoms with van der Waals surface area (Å²) in [4.78, 5) is 2.99. The molecular formula is C10H13N5. The van der Waals surface area contributed by atoms with Crippen LogP contribution in [0, 0.1) is 0 Å². The quantitative estimate of drug-likeness (QED) is 0.703. The molecule has 5 heteroatoms. The van der Waals surface area contributed by atoms with E-state index in [1.165, 1.54) is 5.56 Å². The van der Waals surface area contributed by atoms with Crippen molar-refractivity contribution in [3.63, 3.8) is 0 Å². The van der Waals surface area contributed by atoms with Gasteiger partial charge < -0.3 is 10.6 Å². The second-order valence-corrected chi connectivity index (χ2v) is 3.11. The molecule has 0 atom stereocenters. The van der Waals surface area contributed by atoms with Crippen LogP contribution in [0.2, 0.25) is 0 Å². The van der Waals surface area contributed by atoms with Crippen LogP contribution < -0.4 is 10.6 Å². The summed E-state index contributed by atoms with van der Waals surface area (Å²) in [5, 5.41) is 13.8. The zero-order valence-electron chi connectivity index (χ0n) is 8.49. The molecule has 1 heterocycles. The molecule has 2 rings (SSSR count). The normalized spacial score (nSPS) is 9.93. The van der Waals surface area contributed by atoms with Gasteiger partial charge in [0.25, 0.3) is 0 Å². The van der Waals surface area contributed by atoms with Crippen molar-refractivity contribution < 1.29 is 0 Å². The summed E-state index contributed by atoms with van der Waals surface area (Å²) in [5.74, 6) is 1.33. The number of H-pyrrole nitrogens is 1. The maximum absolute atomic E-state index is 3.92. The van der Waals surface area contributed by atoms with E-state index in [4.69, 9.17) is 0 Å². The van der Waals surface area contributed by atoms with E-state index in [0.29, 0.717) is 11.9 Å². The Kier molecular flexibility index (Phi) is 2.82. The average Bonchev–Trinajstić information content (AvgIpc) is 2.76. The van der Waals surface area contributed by atoms with Gasteiger partial charge in [-0.25, -0.2) is 0 Å². The van der Waals surface area contributed by atoms with Crippen molar-refractivity contribution in [3.8, 4) is 0 Å². The molecule has 2 aromatic rings. The molecule has 0 saturated heterocycles. The number of aromatic amines is 1. The Balaban J connectivity index is 1.93. The topological polar surface area (TPSA) is 65.6 Å². The molecule has 0 fully saturated rings. The zero-order chi connectivity index (χ0) is 10.5. The highest BCUT2D eigenvalue weighted by atomic mass is 15.3. The van der Waals surface area contributed by atoms with Crippen LogP contribution in [0.3, 0.4) is 0 Å². The van der Waals surface area contributed by atoms with Gasteiger partial charge in [-0.1, -0.05) is 30.3 Å². The SMILES string of the molecule is CNc1nnc(NCc2ccccc2)[nH]1. The van der Waals surface area contributed by atoms with Gasteiger partial charge in [0.15, 0.2) is 0 Å². The summed E-state index contributed by atoms with van der Waals surface area (Å²) in [5.41, 5.74) is 1.21. The molecule has 0 amide bonds. The molecule has 78 valence electrons. The number of nitrogens with one attached hydrogen (secondary N) is 3. The van der Waals surface area contributed by atoms with Crippen molar-refractivity contribution in [2.75, 3.05) is 17.7 Å². The van der Waals surface area contributed by atoms with Crippen LogP contribution in [0.25, 0.3) is 0 Å². The molecule has 0 aliphatic rings. The van der Waals surface area contributed by atoms with Crippen LogP contribution in [-0.4, -0.2) is 22.2 Å². The van der Waals surface area contributed by atoms with Crippen molar-refractivity contribution in [2.24, 2.45) is 0 Å². The van der Waals surface area contributed by atoms with E-state index in [1.807, 2.05) is 18.2 Å². The first-order valence-electron chi connectivity index (χ1n) is 4.77. The van der Waals surface area contributed by atoms with Crippen LogP contribution in [0.15, 0.2) is 30.3 Å². The van der Waals surface area contributed by atoms with Gasteiger partial charge in [-0.3, -0.25) is 4.98 Å². The van der Waals surface area contributed by atoms with Crippen LogP contribution in [0.4, 0.5) is 11.9 Å². The van der Waals surface area contributed by atoms with E-state index in [1.54, 1.807) is 7.05 Å². The van der Waals surface area contributed by atoms with Crippen molar-refractivity contribution in [3.05, 3.63) is 35.9 Å². The standard InChI is InChI=1S/C10H13N5/c1-11-9-13-10(15-14-9)12-7-8-5-3-2-4-6-8/h2-6H,7H2,1H3,(H3,11,12,13,14,15). The van der Waals surface area contributed by atoms with Gasteiger partial charge in [0.2, 0.25) is 11.9 Å². The maximum atomic E-state index is 3.92. The molecule has 0 spiro atoms. The van der Waals surface area contributed by atoms with Crippen LogP contribution >= 0.6 is 0 Å². The minimum atomic E-state index is 0.658. The molecule has 1 aromatic carbocycles. The second kappa shape index (κ2) is 4.45. The highest BCUT2D eigenvalue weighted by molar-refractivity contribution is 5.33. The van der Waals surface area contributed by atoms with Gasteiger partial charge >= 0.3 is 0 Å². The number of hydrogen-bond donors (Lipinski definition) is 3. The monoisotopic (exact) mass is 203 g/mol. The molecular weight excluding hydrogens is 190 g/mol. The third-order valence-electron chi connectivity index (χ3n) is 2.03. The number of nitrogens with zero attached hydrogens (tertiary/aromatic N) is 2. The highest BCUT2D eigenvalue weighted by Gasteiger charge is 1.99. The van der Waals surface area contributed by atoms with Crippen LogP contribution in [-0.2, 0) is 6.54 Å². The lowest BCUT2D eigenvalue weighted by Crippen LogP contribution is -2.00. The Morgan fingerprint density at radius 2 is 1.87 bits per heavy atom. The van der Waals surface area contributed by atoms with Crippen LogP contribution in [0.5, 0.6) is 0 Å². The first-order chi connectivity index (χ1) is 7.38. The van der Waals surface area contributed by atoms with Crippen molar-refractivity contribution in [1.29, 1.82) is 0 Å². The molecule has 15 heavy (non-hydrogen) atoms. The van der Waals surface area contributed by atoms with E-state index in [-0.39, 0.29) is 0 Å². The van der Waals surface area contributed by atoms with Crippen molar-refractivity contribution >= 4 is 11.9 Å². The van der Waals surface area contributed by atoms with Crippen LogP contribution in [0.1, 0.15) is 5.56 Å². The van der Waals surface area contributed by atoms with E-state index in [0.717, 1.165) is 6.54 Å². The lowest BCUT2D eigenvalue weighted by molar-refractivity contribution is 1.04. The number of benzene rings is 1. The number of hydrogen-bond acceptors (Lipinski definition) is 4. The van der Waals surface area contributed by atoms with Gasteiger partial charge in [0, 0.05) is 13.6 Å². The maximum Gasteiger partial charge on any atom is 0.223 e. The van der Waals surface area contributed by atoms with Gasteiger partial charge in [-0.2, -0.15) is 0 Å². The fraction of sp³-hybridized carbons (Fsp3) is 0.200. The predicted molar refractivity (Wildman–Crippen MR) is 59.7 cm³/mol. The number of rotatable bonds is 4. The summed E-state index contributed by atoms with van der Waals surface area (Å²) in [7, 11) is 1.79. The largest absolute Gasteiger partial charge is 0.358 e. The van der Waals surface area contributed by atoms with Crippen molar-refractivity contribution in [1.82, 2.24) is 15.2 Å². The molecule has 3 N–H and O–H groups in total. The van der Waals surface area contributed by atoms with Gasteiger partial charge in [0.05, 0.1) is 0 Å².